The van der Waals surface area contributed by atoms with Crippen LogP contribution in [-0.4, -0.2) is 28.6 Å². The van der Waals surface area contributed by atoms with Crippen LogP contribution in [-0.2, 0) is 9.59 Å². The number of aryl methyl sites for hydroxylation is 1. The molecule has 33 heavy (non-hydrogen) atoms. The first-order chi connectivity index (χ1) is 16.0. The largest absolute Gasteiger partial charge is 0.507 e. The molecule has 1 aliphatic heterocycles. The van der Waals surface area contributed by atoms with Crippen molar-refractivity contribution >= 4 is 23.3 Å². The zero-order chi connectivity index (χ0) is 23.4. The number of aliphatic hydroxyl groups excluding tert-OH is 1. The number of carbonyl (C=O) groups is 2. The molecule has 7 heteroatoms. The van der Waals surface area contributed by atoms with Gasteiger partial charge in [0.15, 0.2) is 5.82 Å². The van der Waals surface area contributed by atoms with Gasteiger partial charge in [0.1, 0.15) is 17.3 Å². The van der Waals surface area contributed by atoms with Crippen molar-refractivity contribution in [1.82, 2.24) is 5.16 Å². The van der Waals surface area contributed by atoms with Crippen LogP contribution in [0.4, 0.5) is 5.82 Å². The van der Waals surface area contributed by atoms with E-state index in [4.69, 9.17) is 9.26 Å². The lowest BCUT2D eigenvalue weighted by molar-refractivity contribution is -0.132. The molecular weight excluding hydrogens is 420 g/mol. The number of nitrogens with zero attached hydrogens (tertiary/aromatic N) is 2. The third kappa shape index (κ3) is 4.53. The molecule has 0 radical (unpaired) electrons. The Kier molecular flexibility index (Phi) is 6.58. The maximum absolute atomic E-state index is 13.1. The predicted molar refractivity (Wildman–Crippen MR) is 124 cm³/mol. The highest BCUT2D eigenvalue weighted by Crippen LogP contribution is 2.42. The Hall–Kier alpha value is -3.87. The van der Waals surface area contributed by atoms with Crippen LogP contribution in [0.25, 0.3) is 5.76 Å². The summed E-state index contributed by atoms with van der Waals surface area (Å²) in [6, 6.07) is 16.6. The zero-order valence-electron chi connectivity index (χ0n) is 18.7. The van der Waals surface area contributed by atoms with E-state index in [0.29, 0.717) is 29.2 Å². The standard InChI is InChI=1S/C26H26N2O5/c1-3-4-8-15-32-20-13-11-18(12-14-20)23-22(24(29)19-9-6-5-7-10-19)25(30)26(31)28(23)21-16-17(2)33-27-21/h5-7,9-14,16,23,29H,3-4,8,15H2,1-2H3/b24-22+. The summed E-state index contributed by atoms with van der Waals surface area (Å²) in [5.74, 6) is -0.364. The fraction of sp³-hybridized carbons (Fsp3) is 0.269. The molecule has 7 nitrogen and oxygen atoms in total. The average Bonchev–Trinajstić information content (AvgIpc) is 3.38. The van der Waals surface area contributed by atoms with Gasteiger partial charge in [0.2, 0.25) is 0 Å². The van der Waals surface area contributed by atoms with E-state index in [1.807, 2.05) is 6.07 Å². The van der Waals surface area contributed by atoms with Gasteiger partial charge in [-0.25, -0.2) is 0 Å². The van der Waals surface area contributed by atoms with Crippen molar-refractivity contribution in [1.29, 1.82) is 0 Å². The molecule has 1 saturated heterocycles. The maximum atomic E-state index is 13.1. The van der Waals surface area contributed by atoms with Gasteiger partial charge in [0.05, 0.1) is 18.2 Å². The first-order valence-electron chi connectivity index (χ1n) is 11.0. The Bertz CT molecular complexity index is 1160. The molecule has 1 N–H and O–H groups in total. The minimum atomic E-state index is -0.858. The summed E-state index contributed by atoms with van der Waals surface area (Å²) in [7, 11) is 0. The van der Waals surface area contributed by atoms with Crippen molar-refractivity contribution in [3.63, 3.8) is 0 Å². The molecule has 1 aliphatic rings. The van der Waals surface area contributed by atoms with Gasteiger partial charge < -0.3 is 14.4 Å². The summed E-state index contributed by atoms with van der Waals surface area (Å²) < 4.78 is 10.9. The summed E-state index contributed by atoms with van der Waals surface area (Å²) in [6.45, 7) is 4.46. The monoisotopic (exact) mass is 446 g/mol. The Morgan fingerprint density at radius 1 is 1.09 bits per heavy atom. The van der Waals surface area contributed by atoms with Crippen LogP contribution >= 0.6 is 0 Å². The van der Waals surface area contributed by atoms with Crippen LogP contribution in [0, 0.1) is 6.92 Å². The number of hydrogen-bond acceptors (Lipinski definition) is 6. The third-order valence-electron chi connectivity index (χ3n) is 5.57. The highest BCUT2D eigenvalue weighted by molar-refractivity contribution is 6.51. The van der Waals surface area contributed by atoms with Crippen molar-refractivity contribution in [2.45, 2.75) is 39.2 Å². The SMILES string of the molecule is CCCCCOc1ccc(C2/C(=C(\O)c3ccccc3)C(=O)C(=O)N2c2cc(C)on2)cc1. The Balaban J connectivity index is 1.75. The van der Waals surface area contributed by atoms with Gasteiger partial charge in [0, 0.05) is 11.6 Å². The summed E-state index contributed by atoms with van der Waals surface area (Å²) in [5.41, 5.74) is 1.10. The molecular formula is C26H26N2O5. The van der Waals surface area contributed by atoms with Crippen LogP contribution in [0.15, 0.2) is 70.8 Å². The number of carbonyl (C=O) groups excluding carboxylic acids is 2. The highest BCUT2D eigenvalue weighted by Gasteiger charge is 2.48. The fourth-order valence-corrected chi connectivity index (χ4v) is 3.89. The van der Waals surface area contributed by atoms with Crippen LogP contribution in [0.2, 0.25) is 0 Å². The van der Waals surface area contributed by atoms with Gasteiger partial charge >= 0.3 is 5.91 Å². The van der Waals surface area contributed by atoms with Crippen LogP contribution in [0.3, 0.4) is 0 Å². The molecule has 1 atom stereocenters. The molecule has 0 aliphatic carbocycles. The molecule has 170 valence electrons. The number of hydrogen-bond donors (Lipinski definition) is 1. The number of Topliss-reactive ketones (excluding diaryl/α,β-unsaturated/α-hetero) is 1. The number of rotatable bonds is 8. The van der Waals surface area contributed by atoms with Gasteiger partial charge in [0.25, 0.3) is 5.78 Å². The Morgan fingerprint density at radius 2 is 1.82 bits per heavy atom. The molecule has 1 fully saturated rings. The summed E-state index contributed by atoms with van der Waals surface area (Å²) in [4.78, 5) is 27.4. The van der Waals surface area contributed by atoms with Gasteiger partial charge in [-0.05, 0) is 31.0 Å². The molecule has 0 spiro atoms. The van der Waals surface area contributed by atoms with E-state index in [-0.39, 0.29) is 17.2 Å². The van der Waals surface area contributed by atoms with Crippen LogP contribution in [0.1, 0.15) is 49.1 Å². The van der Waals surface area contributed by atoms with Gasteiger partial charge in [-0.15, -0.1) is 0 Å². The molecule has 1 aromatic heterocycles. The number of benzene rings is 2. The third-order valence-corrected chi connectivity index (χ3v) is 5.57. The van der Waals surface area contributed by atoms with E-state index in [1.165, 1.54) is 4.90 Å². The van der Waals surface area contributed by atoms with E-state index in [2.05, 4.69) is 12.1 Å². The van der Waals surface area contributed by atoms with E-state index in [9.17, 15) is 14.7 Å². The summed E-state index contributed by atoms with van der Waals surface area (Å²) in [6.07, 6.45) is 3.19. The first kappa shape index (κ1) is 22.3. The quantitative estimate of drug-likeness (QED) is 0.222. The normalized spacial score (nSPS) is 17.5. The second-order valence-corrected chi connectivity index (χ2v) is 7.96. The van der Waals surface area contributed by atoms with E-state index < -0.39 is 17.7 Å². The average molecular weight is 447 g/mol. The minimum absolute atomic E-state index is 0.00321. The fourth-order valence-electron chi connectivity index (χ4n) is 3.89. The molecule has 1 unspecified atom stereocenters. The van der Waals surface area contributed by atoms with Crippen molar-refractivity contribution in [2.75, 3.05) is 11.5 Å². The number of ether oxygens (including phenoxy) is 1. The Morgan fingerprint density at radius 3 is 2.45 bits per heavy atom. The number of ketones is 1. The molecule has 3 aromatic rings. The van der Waals surface area contributed by atoms with Gasteiger partial charge in [-0.1, -0.05) is 67.4 Å². The summed E-state index contributed by atoms with van der Waals surface area (Å²) >= 11 is 0. The van der Waals surface area contributed by atoms with E-state index in [1.54, 1.807) is 61.5 Å². The number of amides is 1. The first-order valence-corrected chi connectivity index (χ1v) is 11.0. The van der Waals surface area contributed by atoms with Crippen molar-refractivity contribution in [2.24, 2.45) is 0 Å². The number of aliphatic hydroxyl groups is 1. The lowest BCUT2D eigenvalue weighted by Gasteiger charge is -2.23. The number of aromatic nitrogens is 1. The van der Waals surface area contributed by atoms with Gasteiger partial charge in [-0.3, -0.25) is 14.5 Å². The molecule has 1 amide bonds. The summed E-state index contributed by atoms with van der Waals surface area (Å²) in [5, 5.41) is 15.0. The predicted octanol–water partition coefficient (Wildman–Crippen LogP) is 5.18. The van der Waals surface area contributed by atoms with E-state index in [0.717, 1.165) is 19.3 Å². The van der Waals surface area contributed by atoms with Gasteiger partial charge in [-0.2, -0.15) is 0 Å². The highest BCUT2D eigenvalue weighted by atomic mass is 16.5. The molecule has 2 aromatic carbocycles. The lowest BCUT2D eigenvalue weighted by Crippen LogP contribution is -2.29. The minimum Gasteiger partial charge on any atom is -0.507 e. The number of unbranched alkanes of at least 4 members (excludes halogenated alkanes) is 2. The maximum Gasteiger partial charge on any atom is 0.301 e. The lowest BCUT2D eigenvalue weighted by atomic mass is 9.95. The van der Waals surface area contributed by atoms with Crippen molar-refractivity contribution < 1.29 is 24.0 Å². The van der Waals surface area contributed by atoms with E-state index >= 15 is 0 Å². The Labute approximate surface area is 192 Å². The second-order valence-electron chi connectivity index (χ2n) is 7.96. The topological polar surface area (TPSA) is 92.9 Å². The molecule has 4 rings (SSSR count). The smallest absolute Gasteiger partial charge is 0.301 e. The van der Waals surface area contributed by atoms with Crippen LogP contribution < -0.4 is 9.64 Å². The van der Waals surface area contributed by atoms with Crippen LogP contribution in [0.5, 0.6) is 5.75 Å². The molecule has 0 saturated carbocycles. The molecule has 2 heterocycles. The number of anilines is 1. The van der Waals surface area contributed by atoms with Crippen molar-refractivity contribution in [3.05, 3.63) is 83.1 Å². The second kappa shape index (κ2) is 9.73. The zero-order valence-corrected chi connectivity index (χ0v) is 18.7. The van der Waals surface area contributed by atoms with Crippen molar-refractivity contribution in [3.8, 4) is 5.75 Å². The molecule has 0 bridgehead atoms.